The molecule has 0 saturated carbocycles. The van der Waals surface area contributed by atoms with Gasteiger partial charge >= 0.3 is 0 Å². The van der Waals surface area contributed by atoms with Crippen molar-refractivity contribution in [3.8, 4) is 11.1 Å². The highest BCUT2D eigenvalue weighted by molar-refractivity contribution is 7.33. The number of rotatable bonds is 5. The number of hydrogen-bond acceptors (Lipinski definition) is 4. The van der Waals surface area contributed by atoms with Crippen molar-refractivity contribution >= 4 is 99.9 Å². The molecule has 0 N–H and O–H groups in total. The molecule has 9 aromatic rings. The number of hydrogen-bond donors (Lipinski definition) is 0. The summed E-state index contributed by atoms with van der Waals surface area (Å²) in [4.78, 5) is 5.17. The van der Waals surface area contributed by atoms with Gasteiger partial charge in [0.1, 0.15) is 11.2 Å². The molecule has 0 saturated heterocycles. The number of nitrogens with zero attached hydrogens (tertiary/aromatic N) is 2. The molecule has 5 heteroatoms. The van der Waals surface area contributed by atoms with Gasteiger partial charge in [0.15, 0.2) is 0 Å². The van der Waals surface area contributed by atoms with E-state index in [1.165, 1.54) is 93.3 Å². The molecule has 0 fully saturated rings. The predicted octanol–water partition coefficient (Wildman–Crippen LogP) is 14.8. The first-order chi connectivity index (χ1) is 29.8. The van der Waals surface area contributed by atoms with Crippen LogP contribution >= 0.6 is 11.3 Å². The average Bonchev–Trinajstić information content (AvgIpc) is 3.83. The largest absolute Gasteiger partial charge is 0.456 e. The lowest BCUT2D eigenvalue weighted by Gasteiger charge is -2.43. The molecule has 0 unspecified atom stereocenters. The zero-order chi connectivity index (χ0) is 42.8. The SMILES string of the molecule is CCc1ccc2c(c1)B1c3sc4ccc(C(C)(C)C)cc4c3N(c3ccc(C(C)C)cc3)c3cccc(c31)N2c1ccc(C(C)(C)C)cc1-c1ccc2oc3ccccc3c2c1. The number of para-hydroxylation sites is 1. The van der Waals surface area contributed by atoms with E-state index in [1.54, 1.807) is 0 Å². The standard InChI is InChI=1S/C57H53BN2OS/c1-10-35-18-26-47-45(30-35)58-53-48(59(40-24-19-36(20-25-40)34(2)3)54-44-33-39(57(7,8)9)23-29-52(44)62-55(54)58)15-13-16-49(53)60(47)46-27-22-38(56(4,5)6)32-42(46)37-21-28-51-43(31-37)41-14-11-12-17-50(41)61-51/h11-34H,10H2,1-9H3. The molecule has 0 radical (unpaired) electrons. The van der Waals surface area contributed by atoms with Gasteiger partial charge in [0.25, 0.3) is 6.71 Å². The van der Waals surface area contributed by atoms with Crippen molar-refractivity contribution in [2.75, 3.05) is 9.80 Å². The monoisotopic (exact) mass is 824 g/mol. The van der Waals surface area contributed by atoms with Crippen molar-refractivity contribution in [2.45, 2.75) is 85.5 Å². The van der Waals surface area contributed by atoms with E-state index >= 15 is 0 Å². The third-order valence-electron chi connectivity index (χ3n) is 13.5. The average molecular weight is 825 g/mol. The van der Waals surface area contributed by atoms with Crippen LogP contribution in [0.2, 0.25) is 0 Å². The van der Waals surface area contributed by atoms with Gasteiger partial charge < -0.3 is 14.2 Å². The van der Waals surface area contributed by atoms with E-state index in [1.807, 2.05) is 11.3 Å². The first-order valence-corrected chi connectivity index (χ1v) is 23.2. The summed E-state index contributed by atoms with van der Waals surface area (Å²) in [5, 5.41) is 3.61. The minimum absolute atomic E-state index is 0.0238. The fourth-order valence-corrected chi connectivity index (χ4v) is 11.3. The molecular formula is C57H53BN2OS. The molecule has 4 heterocycles. The van der Waals surface area contributed by atoms with E-state index in [2.05, 4.69) is 212 Å². The van der Waals surface area contributed by atoms with Crippen LogP contribution in [0.4, 0.5) is 34.1 Å². The highest BCUT2D eigenvalue weighted by Gasteiger charge is 2.45. The van der Waals surface area contributed by atoms with E-state index in [4.69, 9.17) is 4.42 Å². The minimum atomic E-state index is -0.0391. The Hall–Kier alpha value is -6.04. The Bertz CT molecular complexity index is 3250. The fraction of sp³-hybridized carbons (Fsp3) is 0.228. The Balaban J connectivity index is 1.21. The van der Waals surface area contributed by atoms with Gasteiger partial charge in [0.05, 0.1) is 11.4 Å². The van der Waals surface area contributed by atoms with Crippen molar-refractivity contribution in [3.05, 3.63) is 162 Å². The van der Waals surface area contributed by atoms with Gasteiger partial charge in [0.2, 0.25) is 0 Å². The van der Waals surface area contributed by atoms with E-state index in [0.717, 1.165) is 28.4 Å². The molecule has 306 valence electrons. The highest BCUT2D eigenvalue weighted by atomic mass is 32.1. The van der Waals surface area contributed by atoms with Gasteiger partial charge in [-0.3, -0.25) is 0 Å². The zero-order valence-corrected chi connectivity index (χ0v) is 38.2. The number of thiophene rings is 1. The van der Waals surface area contributed by atoms with Crippen LogP contribution in [0.5, 0.6) is 0 Å². The maximum absolute atomic E-state index is 6.35. The molecule has 0 atom stereocenters. The van der Waals surface area contributed by atoms with Gasteiger partial charge in [0, 0.05) is 53.9 Å². The smallest absolute Gasteiger partial charge is 0.264 e. The van der Waals surface area contributed by atoms with Crippen molar-refractivity contribution in [1.29, 1.82) is 0 Å². The maximum Gasteiger partial charge on any atom is 0.264 e. The van der Waals surface area contributed by atoms with Crippen LogP contribution in [0.15, 0.2) is 144 Å². The van der Waals surface area contributed by atoms with Crippen molar-refractivity contribution in [1.82, 2.24) is 0 Å². The van der Waals surface area contributed by atoms with Crippen LogP contribution in [0.3, 0.4) is 0 Å². The summed E-state index contributed by atoms with van der Waals surface area (Å²) in [5.74, 6) is 0.454. The summed E-state index contributed by atoms with van der Waals surface area (Å²) in [6, 6.07) is 53.2. The second-order valence-corrected chi connectivity index (χ2v) is 21.0. The van der Waals surface area contributed by atoms with Crippen molar-refractivity contribution in [3.63, 3.8) is 0 Å². The van der Waals surface area contributed by atoms with Gasteiger partial charge in [-0.15, -0.1) is 11.3 Å². The number of furan rings is 1. The van der Waals surface area contributed by atoms with E-state index in [0.29, 0.717) is 5.92 Å². The highest BCUT2D eigenvalue weighted by Crippen LogP contribution is 2.50. The Morgan fingerprint density at radius 2 is 1.29 bits per heavy atom. The lowest BCUT2D eigenvalue weighted by atomic mass is 9.36. The van der Waals surface area contributed by atoms with Gasteiger partial charge in [-0.25, -0.2) is 0 Å². The topological polar surface area (TPSA) is 19.6 Å². The van der Waals surface area contributed by atoms with Crippen molar-refractivity contribution in [2.24, 2.45) is 0 Å². The normalized spacial score (nSPS) is 13.7. The molecule has 0 bridgehead atoms. The number of fused-ring (bicyclic) bond motifs is 9. The maximum atomic E-state index is 6.35. The van der Waals surface area contributed by atoms with Crippen LogP contribution in [-0.4, -0.2) is 6.71 Å². The molecule has 0 amide bonds. The summed E-state index contributed by atoms with van der Waals surface area (Å²) in [6.45, 7) is 20.8. The second kappa shape index (κ2) is 14.0. The summed E-state index contributed by atoms with van der Waals surface area (Å²) < 4.78 is 9.09. The molecule has 2 aliphatic heterocycles. The Morgan fingerprint density at radius 1 is 0.597 bits per heavy atom. The molecule has 62 heavy (non-hydrogen) atoms. The van der Waals surface area contributed by atoms with Crippen molar-refractivity contribution < 1.29 is 4.42 Å². The van der Waals surface area contributed by atoms with Crippen LogP contribution in [-0.2, 0) is 17.3 Å². The first-order valence-electron chi connectivity index (χ1n) is 22.4. The molecule has 11 rings (SSSR count). The van der Waals surface area contributed by atoms with Gasteiger partial charge in [-0.2, -0.15) is 0 Å². The summed E-state index contributed by atoms with van der Waals surface area (Å²) in [7, 11) is 0. The van der Waals surface area contributed by atoms with Crippen LogP contribution in [0, 0.1) is 0 Å². The van der Waals surface area contributed by atoms with E-state index in [-0.39, 0.29) is 17.5 Å². The molecule has 7 aromatic carbocycles. The summed E-state index contributed by atoms with van der Waals surface area (Å²) in [5.41, 5.74) is 19.7. The summed E-state index contributed by atoms with van der Waals surface area (Å²) >= 11 is 1.98. The molecule has 3 nitrogen and oxygen atoms in total. The zero-order valence-electron chi connectivity index (χ0n) is 37.4. The molecule has 2 aliphatic rings. The molecule has 0 aliphatic carbocycles. The molecule has 0 spiro atoms. The third kappa shape index (κ3) is 5.99. The van der Waals surface area contributed by atoms with E-state index < -0.39 is 0 Å². The van der Waals surface area contributed by atoms with Crippen LogP contribution in [0.25, 0.3) is 43.2 Å². The van der Waals surface area contributed by atoms with Crippen LogP contribution < -0.4 is 25.5 Å². The quantitative estimate of drug-likeness (QED) is 0.161. The number of aryl methyl sites for hydroxylation is 1. The lowest BCUT2D eigenvalue weighted by Crippen LogP contribution is -2.60. The number of anilines is 6. The lowest BCUT2D eigenvalue weighted by molar-refractivity contribution is 0.590. The van der Waals surface area contributed by atoms with E-state index in [9.17, 15) is 0 Å². The minimum Gasteiger partial charge on any atom is -0.456 e. The van der Waals surface area contributed by atoms with Crippen LogP contribution in [0.1, 0.15) is 90.5 Å². The Morgan fingerprint density at radius 3 is 2.03 bits per heavy atom. The van der Waals surface area contributed by atoms with Gasteiger partial charge in [-0.1, -0.05) is 129 Å². The number of benzene rings is 7. The van der Waals surface area contributed by atoms with Gasteiger partial charge in [-0.05, 0) is 135 Å². The Kier molecular flexibility index (Phi) is 8.77. The summed E-state index contributed by atoms with van der Waals surface area (Å²) in [6.07, 6.45) is 0.973. The fourth-order valence-electron chi connectivity index (χ4n) is 10.0. The molecular weight excluding hydrogens is 772 g/mol. The molecule has 2 aromatic heterocycles. The predicted molar refractivity (Wildman–Crippen MR) is 269 cm³/mol. The second-order valence-electron chi connectivity index (χ2n) is 19.9. The first kappa shape index (κ1) is 38.9. The third-order valence-corrected chi connectivity index (χ3v) is 14.8. The Labute approximate surface area is 370 Å².